The molecule has 1 aliphatic heterocycles. The Kier molecular flexibility index (Phi) is 5.06. The fraction of sp³-hybridized carbons (Fsp3) is 0.444. The number of likely N-dealkylation sites (tertiary alicyclic amines) is 1. The zero-order valence-electron chi connectivity index (χ0n) is 13.3. The van der Waals surface area contributed by atoms with Crippen molar-refractivity contribution in [2.45, 2.75) is 32.6 Å². The van der Waals surface area contributed by atoms with Gasteiger partial charge in [-0.2, -0.15) is 0 Å². The number of thiazole rings is 1. The molecule has 0 saturated carbocycles. The van der Waals surface area contributed by atoms with E-state index in [4.69, 9.17) is 0 Å². The lowest BCUT2D eigenvalue weighted by atomic mass is 9.91. The fourth-order valence-electron chi connectivity index (χ4n) is 3.12. The monoisotopic (exact) mass is 332 g/mol. The molecular formula is C18H21FN2OS. The van der Waals surface area contributed by atoms with Gasteiger partial charge in [0, 0.05) is 13.1 Å². The smallest absolute Gasteiger partial charge is 0.265 e. The Bertz CT molecular complexity index is 668. The quantitative estimate of drug-likeness (QED) is 0.845. The molecule has 5 heteroatoms. The highest BCUT2D eigenvalue weighted by Gasteiger charge is 2.25. The van der Waals surface area contributed by atoms with Gasteiger partial charge in [0.1, 0.15) is 10.7 Å². The number of carbonyl (C=O) groups excluding carboxylic acids is 1. The fourth-order valence-corrected chi connectivity index (χ4v) is 3.87. The summed E-state index contributed by atoms with van der Waals surface area (Å²) in [5, 5.41) is 0.929. The molecule has 1 fully saturated rings. The summed E-state index contributed by atoms with van der Waals surface area (Å²) in [6, 6.07) is 6.72. The van der Waals surface area contributed by atoms with Gasteiger partial charge in [-0.1, -0.05) is 12.1 Å². The Labute approximate surface area is 140 Å². The molecule has 0 spiro atoms. The number of carbonyl (C=O) groups is 1. The number of hydrogen-bond acceptors (Lipinski definition) is 3. The predicted molar refractivity (Wildman–Crippen MR) is 90.2 cm³/mol. The van der Waals surface area contributed by atoms with Crippen molar-refractivity contribution in [2.24, 2.45) is 5.92 Å². The average molecular weight is 332 g/mol. The molecule has 1 aliphatic rings. The van der Waals surface area contributed by atoms with Crippen LogP contribution in [-0.4, -0.2) is 28.9 Å². The van der Waals surface area contributed by atoms with Gasteiger partial charge in [0.15, 0.2) is 0 Å². The molecule has 1 saturated heterocycles. The van der Waals surface area contributed by atoms with Crippen LogP contribution in [0.1, 0.15) is 39.5 Å². The summed E-state index contributed by atoms with van der Waals surface area (Å²) >= 11 is 1.46. The van der Waals surface area contributed by atoms with Crippen molar-refractivity contribution in [3.05, 3.63) is 51.7 Å². The van der Waals surface area contributed by atoms with E-state index in [9.17, 15) is 9.18 Å². The molecule has 1 aromatic heterocycles. The van der Waals surface area contributed by atoms with Crippen LogP contribution < -0.4 is 0 Å². The van der Waals surface area contributed by atoms with Crippen LogP contribution in [0.15, 0.2) is 30.5 Å². The number of piperidine rings is 1. The van der Waals surface area contributed by atoms with E-state index in [1.807, 2.05) is 24.0 Å². The molecule has 3 nitrogen and oxygen atoms in total. The van der Waals surface area contributed by atoms with Crippen LogP contribution in [0.25, 0.3) is 0 Å². The highest BCUT2D eigenvalue weighted by atomic mass is 32.1. The lowest BCUT2D eigenvalue weighted by Crippen LogP contribution is -2.39. The van der Waals surface area contributed by atoms with Crippen LogP contribution >= 0.6 is 11.3 Å². The van der Waals surface area contributed by atoms with E-state index in [1.165, 1.54) is 23.5 Å². The lowest BCUT2D eigenvalue weighted by Gasteiger charge is -2.32. The highest BCUT2D eigenvalue weighted by Crippen LogP contribution is 2.24. The third-order valence-electron chi connectivity index (χ3n) is 4.39. The molecule has 0 bridgehead atoms. The summed E-state index contributed by atoms with van der Waals surface area (Å²) in [4.78, 5) is 19.4. The summed E-state index contributed by atoms with van der Waals surface area (Å²) in [5.74, 6) is 0.442. The number of aryl methyl sites for hydroxylation is 2. The van der Waals surface area contributed by atoms with Gasteiger partial charge in [-0.05, 0) is 56.2 Å². The molecule has 1 amide bonds. The molecule has 1 atom stereocenters. The molecule has 2 aromatic rings. The second kappa shape index (κ2) is 7.21. The van der Waals surface area contributed by atoms with E-state index in [0.29, 0.717) is 5.92 Å². The molecular weight excluding hydrogens is 311 g/mol. The lowest BCUT2D eigenvalue weighted by molar-refractivity contribution is 0.0673. The van der Waals surface area contributed by atoms with Gasteiger partial charge in [0.25, 0.3) is 5.91 Å². The van der Waals surface area contributed by atoms with Crippen LogP contribution in [0.3, 0.4) is 0 Å². The van der Waals surface area contributed by atoms with Crippen molar-refractivity contribution >= 4 is 17.2 Å². The zero-order valence-corrected chi connectivity index (χ0v) is 14.1. The average Bonchev–Trinajstić information content (AvgIpc) is 3.00. The maximum atomic E-state index is 12.9. The molecule has 0 N–H and O–H groups in total. The Balaban J connectivity index is 1.55. The SMILES string of the molecule is Cc1ncc(C(=O)N2CCC[C@H](CCc3ccc(F)cc3)C2)s1. The van der Waals surface area contributed by atoms with Crippen molar-refractivity contribution in [3.63, 3.8) is 0 Å². The minimum absolute atomic E-state index is 0.113. The second-order valence-electron chi connectivity index (χ2n) is 6.17. The van der Waals surface area contributed by atoms with E-state index >= 15 is 0 Å². The van der Waals surface area contributed by atoms with Crippen LogP contribution in [0.2, 0.25) is 0 Å². The molecule has 1 aromatic carbocycles. The first kappa shape index (κ1) is 16.1. The van der Waals surface area contributed by atoms with E-state index in [2.05, 4.69) is 4.98 Å². The minimum atomic E-state index is -0.192. The van der Waals surface area contributed by atoms with E-state index < -0.39 is 0 Å². The third-order valence-corrected chi connectivity index (χ3v) is 5.29. The van der Waals surface area contributed by atoms with Gasteiger partial charge >= 0.3 is 0 Å². The molecule has 23 heavy (non-hydrogen) atoms. The summed E-state index contributed by atoms with van der Waals surface area (Å²) in [7, 11) is 0. The minimum Gasteiger partial charge on any atom is -0.338 e. The number of amides is 1. The van der Waals surface area contributed by atoms with Gasteiger partial charge in [0.05, 0.1) is 11.2 Å². The summed E-state index contributed by atoms with van der Waals surface area (Å²) < 4.78 is 12.9. The van der Waals surface area contributed by atoms with Gasteiger partial charge in [-0.15, -0.1) is 11.3 Å². The number of aromatic nitrogens is 1. The largest absolute Gasteiger partial charge is 0.338 e. The Morgan fingerprint density at radius 1 is 1.39 bits per heavy atom. The summed E-state index contributed by atoms with van der Waals surface area (Å²) in [6.07, 6.45) is 5.87. The number of nitrogens with zero attached hydrogens (tertiary/aromatic N) is 2. The first-order valence-corrected chi connectivity index (χ1v) is 8.89. The van der Waals surface area contributed by atoms with E-state index in [0.717, 1.165) is 54.2 Å². The van der Waals surface area contributed by atoms with Crippen molar-refractivity contribution < 1.29 is 9.18 Å². The number of halogens is 1. The van der Waals surface area contributed by atoms with Crippen LogP contribution in [0.5, 0.6) is 0 Å². The van der Waals surface area contributed by atoms with Crippen LogP contribution in [-0.2, 0) is 6.42 Å². The first-order chi connectivity index (χ1) is 11.1. The van der Waals surface area contributed by atoms with Gasteiger partial charge in [0.2, 0.25) is 0 Å². The standard InChI is InChI=1S/C18H21FN2OS/c1-13-20-11-17(23-13)18(22)21-10-2-3-15(12-21)5-4-14-6-8-16(19)9-7-14/h6-9,11,15H,2-5,10,12H2,1H3/t15-/m1/s1. The maximum absolute atomic E-state index is 12.9. The van der Waals surface area contributed by atoms with Gasteiger partial charge in [-0.3, -0.25) is 4.79 Å². The van der Waals surface area contributed by atoms with Crippen LogP contribution in [0, 0.1) is 18.7 Å². The van der Waals surface area contributed by atoms with Crippen molar-refractivity contribution in [3.8, 4) is 0 Å². The van der Waals surface area contributed by atoms with E-state index in [-0.39, 0.29) is 11.7 Å². The number of hydrogen-bond donors (Lipinski definition) is 0. The van der Waals surface area contributed by atoms with Crippen LogP contribution in [0.4, 0.5) is 4.39 Å². The van der Waals surface area contributed by atoms with Crippen molar-refractivity contribution in [1.29, 1.82) is 0 Å². The Morgan fingerprint density at radius 2 is 2.17 bits per heavy atom. The number of benzene rings is 1. The van der Waals surface area contributed by atoms with Gasteiger partial charge < -0.3 is 4.90 Å². The Hall–Kier alpha value is -1.75. The predicted octanol–water partition coefficient (Wildman–Crippen LogP) is 4.08. The van der Waals surface area contributed by atoms with E-state index in [1.54, 1.807) is 6.20 Å². The topological polar surface area (TPSA) is 33.2 Å². The molecule has 3 rings (SSSR count). The van der Waals surface area contributed by atoms with Gasteiger partial charge in [-0.25, -0.2) is 9.37 Å². The first-order valence-electron chi connectivity index (χ1n) is 8.08. The zero-order chi connectivity index (χ0) is 16.2. The highest BCUT2D eigenvalue weighted by molar-refractivity contribution is 7.13. The molecule has 122 valence electrons. The molecule has 2 heterocycles. The summed E-state index contributed by atoms with van der Waals surface area (Å²) in [5.41, 5.74) is 1.16. The Morgan fingerprint density at radius 3 is 2.87 bits per heavy atom. The van der Waals surface area contributed by atoms with Crippen molar-refractivity contribution in [2.75, 3.05) is 13.1 Å². The maximum Gasteiger partial charge on any atom is 0.265 e. The molecule has 0 aliphatic carbocycles. The second-order valence-corrected chi connectivity index (χ2v) is 7.40. The van der Waals surface area contributed by atoms with Crippen molar-refractivity contribution in [1.82, 2.24) is 9.88 Å². The third kappa shape index (κ3) is 4.16. The number of rotatable bonds is 4. The summed E-state index contributed by atoms with van der Waals surface area (Å²) in [6.45, 7) is 3.57. The molecule has 0 unspecified atom stereocenters. The normalized spacial score (nSPS) is 18.2. The molecule has 0 radical (unpaired) electrons.